The molecule has 7 heteroatoms. The van der Waals surface area contributed by atoms with E-state index in [4.69, 9.17) is 0 Å². The summed E-state index contributed by atoms with van der Waals surface area (Å²) < 4.78 is 0. The van der Waals surface area contributed by atoms with Crippen LogP contribution in [-0.4, -0.2) is 33.1 Å². The number of hydrogen-bond donors (Lipinski definition) is 1. The van der Waals surface area contributed by atoms with Crippen LogP contribution in [0.3, 0.4) is 0 Å². The van der Waals surface area contributed by atoms with E-state index >= 15 is 0 Å². The van der Waals surface area contributed by atoms with E-state index in [1.807, 2.05) is 24.3 Å². The van der Waals surface area contributed by atoms with Crippen molar-refractivity contribution in [2.45, 2.75) is 26.7 Å². The third-order valence-corrected chi connectivity index (χ3v) is 3.98. The van der Waals surface area contributed by atoms with E-state index < -0.39 is 0 Å². The van der Waals surface area contributed by atoms with Gasteiger partial charge in [0.2, 0.25) is 5.91 Å². The normalized spacial score (nSPS) is 10.9. The smallest absolute Gasteiger partial charge is 0.223 e. The van der Waals surface area contributed by atoms with E-state index in [0.717, 1.165) is 11.1 Å². The van der Waals surface area contributed by atoms with Gasteiger partial charge in [-0.3, -0.25) is 9.78 Å². The van der Waals surface area contributed by atoms with Gasteiger partial charge in [-0.25, -0.2) is 4.98 Å². The molecule has 0 unspecified atom stereocenters. The van der Waals surface area contributed by atoms with E-state index in [2.05, 4.69) is 39.3 Å². The zero-order valence-corrected chi connectivity index (χ0v) is 14.7. The van der Waals surface area contributed by atoms with Crippen molar-refractivity contribution >= 4 is 34.3 Å². The number of rotatable bonds is 4. The van der Waals surface area contributed by atoms with Crippen molar-refractivity contribution in [3.05, 3.63) is 42.2 Å². The van der Waals surface area contributed by atoms with Crippen molar-refractivity contribution in [3.8, 4) is 0 Å². The zero-order valence-electron chi connectivity index (χ0n) is 14.7. The molecule has 0 saturated carbocycles. The highest BCUT2D eigenvalue weighted by Crippen LogP contribution is 2.22. The number of hydrogen-bond acceptors (Lipinski definition) is 6. The van der Waals surface area contributed by atoms with Crippen LogP contribution in [0.25, 0.3) is 11.0 Å². The second-order valence-electron chi connectivity index (χ2n) is 6.16. The number of fused-ring (bicyclic) bond motifs is 1. The van der Waals surface area contributed by atoms with Crippen LogP contribution in [0.1, 0.15) is 32.3 Å². The molecule has 0 aromatic carbocycles. The van der Waals surface area contributed by atoms with Gasteiger partial charge in [-0.15, -0.1) is 5.10 Å². The van der Waals surface area contributed by atoms with Crippen molar-refractivity contribution in [1.29, 1.82) is 0 Å². The first-order valence-corrected chi connectivity index (χ1v) is 8.05. The van der Waals surface area contributed by atoms with Crippen LogP contribution in [0, 0.1) is 0 Å². The molecule has 0 fully saturated rings. The summed E-state index contributed by atoms with van der Waals surface area (Å²) >= 11 is 0. The van der Waals surface area contributed by atoms with Crippen LogP contribution in [0.4, 0.5) is 17.3 Å². The largest absolute Gasteiger partial charge is 0.323 e. The van der Waals surface area contributed by atoms with Gasteiger partial charge in [0.1, 0.15) is 5.82 Å². The molecular formula is C18H20N6O. The molecule has 0 aliphatic heterocycles. The molecule has 3 aromatic heterocycles. The quantitative estimate of drug-likeness (QED) is 0.787. The summed E-state index contributed by atoms with van der Waals surface area (Å²) in [5.74, 6) is 1.60. The second-order valence-corrected chi connectivity index (χ2v) is 6.16. The van der Waals surface area contributed by atoms with Gasteiger partial charge in [0, 0.05) is 14.0 Å². The second kappa shape index (κ2) is 6.80. The Morgan fingerprint density at radius 2 is 1.92 bits per heavy atom. The van der Waals surface area contributed by atoms with Gasteiger partial charge in [0.15, 0.2) is 5.82 Å². The highest BCUT2D eigenvalue weighted by Gasteiger charge is 2.09. The van der Waals surface area contributed by atoms with Crippen LogP contribution in [0.15, 0.2) is 36.7 Å². The molecule has 0 spiro atoms. The lowest BCUT2D eigenvalue weighted by Gasteiger charge is -2.15. The molecule has 0 atom stereocenters. The summed E-state index contributed by atoms with van der Waals surface area (Å²) in [6, 6.07) is 7.52. The predicted molar refractivity (Wildman–Crippen MR) is 98.0 cm³/mol. The average molecular weight is 336 g/mol. The fraction of sp³-hybridized carbons (Fsp3) is 0.278. The number of nitrogens with one attached hydrogen (secondary N) is 1. The number of carbonyl (C=O) groups excluding carboxylic acids is 1. The molecule has 0 bridgehead atoms. The van der Waals surface area contributed by atoms with Crippen LogP contribution in [-0.2, 0) is 4.79 Å². The maximum Gasteiger partial charge on any atom is 0.223 e. The summed E-state index contributed by atoms with van der Waals surface area (Å²) in [6.45, 7) is 5.72. The number of nitrogens with zero attached hydrogens (tertiary/aromatic N) is 5. The number of amides is 1. The molecule has 1 amide bonds. The minimum Gasteiger partial charge on any atom is -0.323 e. The Hall–Kier alpha value is -3.09. The van der Waals surface area contributed by atoms with E-state index in [1.165, 1.54) is 11.8 Å². The SMILES string of the molecule is CC(=O)N(C)c1cnc2ccc(Nc3cc(C(C)C)cnn3)nc2c1. The molecule has 0 saturated heterocycles. The minimum absolute atomic E-state index is 0.0591. The van der Waals surface area contributed by atoms with Crippen molar-refractivity contribution in [1.82, 2.24) is 20.2 Å². The van der Waals surface area contributed by atoms with Crippen molar-refractivity contribution in [2.75, 3.05) is 17.3 Å². The highest BCUT2D eigenvalue weighted by atomic mass is 16.2. The summed E-state index contributed by atoms with van der Waals surface area (Å²) in [7, 11) is 1.71. The fourth-order valence-corrected chi connectivity index (χ4v) is 2.32. The number of pyridine rings is 2. The Balaban J connectivity index is 1.92. The van der Waals surface area contributed by atoms with Gasteiger partial charge in [-0.2, -0.15) is 5.10 Å². The van der Waals surface area contributed by atoms with Gasteiger partial charge < -0.3 is 10.2 Å². The summed E-state index contributed by atoms with van der Waals surface area (Å²) in [5, 5.41) is 11.3. The Morgan fingerprint density at radius 1 is 1.12 bits per heavy atom. The fourth-order valence-electron chi connectivity index (χ4n) is 2.32. The Kier molecular flexibility index (Phi) is 4.56. The van der Waals surface area contributed by atoms with Crippen LogP contribution in [0.2, 0.25) is 0 Å². The van der Waals surface area contributed by atoms with Gasteiger partial charge >= 0.3 is 0 Å². The molecule has 1 N–H and O–H groups in total. The van der Waals surface area contributed by atoms with Crippen molar-refractivity contribution in [2.24, 2.45) is 0 Å². The first-order chi connectivity index (χ1) is 11.9. The first-order valence-electron chi connectivity index (χ1n) is 8.05. The minimum atomic E-state index is -0.0591. The number of carbonyl (C=O) groups is 1. The highest BCUT2D eigenvalue weighted by molar-refractivity contribution is 5.92. The Labute approximate surface area is 146 Å². The Morgan fingerprint density at radius 3 is 2.64 bits per heavy atom. The molecule has 0 radical (unpaired) electrons. The molecule has 3 aromatic rings. The number of aromatic nitrogens is 4. The zero-order chi connectivity index (χ0) is 18.0. The molecule has 0 aliphatic carbocycles. The summed E-state index contributed by atoms with van der Waals surface area (Å²) in [4.78, 5) is 22.0. The van der Waals surface area contributed by atoms with E-state index in [-0.39, 0.29) is 5.91 Å². The molecule has 3 heterocycles. The van der Waals surface area contributed by atoms with Crippen LogP contribution in [0.5, 0.6) is 0 Å². The van der Waals surface area contributed by atoms with Crippen LogP contribution < -0.4 is 10.2 Å². The van der Waals surface area contributed by atoms with Gasteiger partial charge in [-0.05, 0) is 35.7 Å². The monoisotopic (exact) mass is 336 g/mol. The number of anilines is 3. The van der Waals surface area contributed by atoms with Crippen molar-refractivity contribution < 1.29 is 4.79 Å². The average Bonchev–Trinajstić information content (AvgIpc) is 2.60. The van der Waals surface area contributed by atoms with Crippen LogP contribution >= 0.6 is 0 Å². The lowest BCUT2D eigenvalue weighted by molar-refractivity contribution is -0.116. The van der Waals surface area contributed by atoms with E-state index in [9.17, 15) is 4.79 Å². The third-order valence-electron chi connectivity index (χ3n) is 3.98. The molecule has 7 nitrogen and oxygen atoms in total. The van der Waals surface area contributed by atoms with E-state index in [1.54, 1.807) is 19.4 Å². The van der Waals surface area contributed by atoms with Gasteiger partial charge in [0.05, 0.1) is 29.1 Å². The summed E-state index contributed by atoms with van der Waals surface area (Å²) in [6.07, 6.45) is 3.42. The maximum atomic E-state index is 11.5. The van der Waals surface area contributed by atoms with Gasteiger partial charge in [0.25, 0.3) is 0 Å². The van der Waals surface area contributed by atoms with Gasteiger partial charge in [-0.1, -0.05) is 13.8 Å². The third kappa shape index (κ3) is 3.71. The molecule has 0 aliphatic rings. The molecule has 128 valence electrons. The lowest BCUT2D eigenvalue weighted by atomic mass is 10.1. The molecule has 25 heavy (non-hydrogen) atoms. The Bertz CT molecular complexity index is 924. The van der Waals surface area contributed by atoms with Crippen molar-refractivity contribution in [3.63, 3.8) is 0 Å². The summed E-state index contributed by atoms with van der Waals surface area (Å²) in [5.41, 5.74) is 3.26. The topological polar surface area (TPSA) is 83.9 Å². The lowest BCUT2D eigenvalue weighted by Crippen LogP contribution is -2.22. The maximum absolute atomic E-state index is 11.5. The predicted octanol–water partition coefficient (Wildman–Crippen LogP) is 3.27. The van der Waals surface area contributed by atoms with E-state index in [0.29, 0.717) is 28.8 Å². The molecular weight excluding hydrogens is 316 g/mol. The first kappa shape index (κ1) is 16.8. The standard InChI is InChI=1S/C18H20N6O/c1-11(2)13-7-18(23-20-9-13)22-17-6-5-15-16(21-17)8-14(10-19-15)24(4)12(3)25/h5-11H,1-4H3,(H,21,22,23). The molecule has 3 rings (SSSR count).